The first kappa shape index (κ1) is 20.8. The molecule has 3 aromatic carbocycles. The Labute approximate surface area is 186 Å². The topological polar surface area (TPSA) is 72.8 Å². The zero-order valence-electron chi connectivity index (χ0n) is 14.7. The van der Waals surface area contributed by atoms with Gasteiger partial charge < -0.3 is 14.6 Å². The molecular weight excluding hydrogens is 560 g/mol. The van der Waals surface area contributed by atoms with Gasteiger partial charge in [0.2, 0.25) is 0 Å². The van der Waals surface area contributed by atoms with Crippen LogP contribution in [0.1, 0.15) is 20.7 Å². The van der Waals surface area contributed by atoms with Crippen LogP contribution in [0, 0.1) is 0 Å². The maximum atomic E-state index is 12.8. The lowest BCUT2D eigenvalue weighted by molar-refractivity contribution is 0.0598. The predicted octanol–water partition coefficient (Wildman–Crippen LogP) is 6.07. The Balaban J connectivity index is 2.63. The van der Waals surface area contributed by atoms with Gasteiger partial charge in [-0.15, -0.1) is 0 Å². The number of phenolic OH excluding ortho intramolecular Hbond substituents is 1. The zero-order chi connectivity index (χ0) is 20.6. The second-order valence-electron chi connectivity index (χ2n) is 5.77. The number of ether oxygens (including phenoxy) is 2. The number of methoxy groups -OCH3 is 2. The lowest BCUT2D eigenvalue weighted by atomic mass is 9.88. The van der Waals surface area contributed by atoms with Crippen molar-refractivity contribution in [2.24, 2.45) is 0 Å². The lowest BCUT2D eigenvalue weighted by Crippen LogP contribution is -2.12. The molecule has 0 amide bonds. The fourth-order valence-electron chi connectivity index (χ4n) is 3.02. The van der Waals surface area contributed by atoms with E-state index in [0.29, 0.717) is 25.3 Å². The summed E-state index contributed by atoms with van der Waals surface area (Å²) in [5.74, 6) is -1.69. The number of hydrogen-bond acceptors (Lipinski definition) is 5. The van der Waals surface area contributed by atoms with E-state index in [-0.39, 0.29) is 22.4 Å². The van der Waals surface area contributed by atoms with E-state index in [9.17, 15) is 14.7 Å². The highest BCUT2D eigenvalue weighted by molar-refractivity contribution is 9.11. The average Bonchev–Trinajstić information content (AvgIpc) is 2.68. The average molecular weight is 573 g/mol. The number of esters is 2. The monoisotopic (exact) mass is 570 g/mol. The molecule has 0 saturated heterocycles. The molecule has 8 heteroatoms. The van der Waals surface area contributed by atoms with Crippen molar-refractivity contribution >= 4 is 70.5 Å². The van der Waals surface area contributed by atoms with Crippen molar-refractivity contribution in [3.63, 3.8) is 0 Å². The first-order chi connectivity index (χ1) is 13.3. The van der Waals surface area contributed by atoms with E-state index in [0.717, 1.165) is 4.47 Å². The van der Waals surface area contributed by atoms with Crippen molar-refractivity contribution in [3.8, 4) is 16.9 Å². The Morgan fingerprint density at radius 1 is 0.821 bits per heavy atom. The van der Waals surface area contributed by atoms with Gasteiger partial charge in [0.05, 0.1) is 19.8 Å². The van der Waals surface area contributed by atoms with Gasteiger partial charge in [-0.2, -0.15) is 0 Å². The van der Waals surface area contributed by atoms with Crippen LogP contribution in [0.4, 0.5) is 0 Å². The van der Waals surface area contributed by atoms with E-state index in [1.807, 2.05) is 0 Å². The van der Waals surface area contributed by atoms with Crippen LogP contribution in [-0.2, 0) is 9.47 Å². The molecule has 0 saturated carbocycles. The van der Waals surface area contributed by atoms with Gasteiger partial charge in [0.25, 0.3) is 0 Å². The molecule has 0 aliphatic carbocycles. The summed E-state index contributed by atoms with van der Waals surface area (Å²) < 4.78 is 11.9. The predicted molar refractivity (Wildman–Crippen MR) is 117 cm³/mol. The van der Waals surface area contributed by atoms with E-state index in [1.54, 1.807) is 36.4 Å². The molecule has 0 atom stereocenters. The quantitative estimate of drug-likeness (QED) is 0.386. The molecule has 3 aromatic rings. The van der Waals surface area contributed by atoms with E-state index in [1.165, 1.54) is 14.2 Å². The number of carbonyl (C=O) groups is 2. The van der Waals surface area contributed by atoms with Crippen LogP contribution >= 0.6 is 47.8 Å². The summed E-state index contributed by atoms with van der Waals surface area (Å²) in [4.78, 5) is 25.4. The number of hydrogen-bond donors (Lipinski definition) is 1. The molecule has 28 heavy (non-hydrogen) atoms. The van der Waals surface area contributed by atoms with Crippen LogP contribution < -0.4 is 0 Å². The second-order valence-corrected chi connectivity index (χ2v) is 8.46. The van der Waals surface area contributed by atoms with Crippen LogP contribution in [-0.4, -0.2) is 31.3 Å². The molecule has 0 bridgehead atoms. The van der Waals surface area contributed by atoms with E-state index in [2.05, 4.69) is 47.8 Å². The van der Waals surface area contributed by atoms with Gasteiger partial charge in [-0.05, 0) is 35.9 Å². The zero-order valence-corrected chi connectivity index (χ0v) is 19.4. The van der Waals surface area contributed by atoms with E-state index < -0.39 is 11.9 Å². The van der Waals surface area contributed by atoms with Crippen LogP contribution in [0.2, 0.25) is 0 Å². The summed E-state index contributed by atoms with van der Waals surface area (Å²) >= 11 is 10.2. The summed E-state index contributed by atoms with van der Waals surface area (Å²) in [5, 5.41) is 11.7. The van der Waals surface area contributed by atoms with Crippen molar-refractivity contribution in [2.75, 3.05) is 14.2 Å². The highest BCUT2D eigenvalue weighted by Gasteiger charge is 2.30. The molecule has 1 N–H and O–H groups in total. The Morgan fingerprint density at radius 2 is 1.39 bits per heavy atom. The maximum absolute atomic E-state index is 12.8. The summed E-state index contributed by atoms with van der Waals surface area (Å²) in [6, 6.07) is 10.4. The largest absolute Gasteiger partial charge is 0.506 e. The minimum absolute atomic E-state index is 0.118. The van der Waals surface area contributed by atoms with Crippen molar-refractivity contribution in [3.05, 3.63) is 60.9 Å². The summed E-state index contributed by atoms with van der Waals surface area (Å²) in [6.07, 6.45) is 0. The van der Waals surface area contributed by atoms with Gasteiger partial charge >= 0.3 is 11.9 Å². The highest BCUT2D eigenvalue weighted by atomic mass is 79.9. The summed E-state index contributed by atoms with van der Waals surface area (Å²) in [7, 11) is 2.47. The van der Waals surface area contributed by atoms with Crippen LogP contribution in [0.25, 0.3) is 21.9 Å². The van der Waals surface area contributed by atoms with Gasteiger partial charge in [0.1, 0.15) is 11.3 Å². The molecule has 0 aromatic heterocycles. The van der Waals surface area contributed by atoms with Crippen LogP contribution in [0.15, 0.2) is 49.8 Å². The first-order valence-corrected chi connectivity index (χ1v) is 10.3. The fourth-order valence-corrected chi connectivity index (χ4v) is 4.18. The van der Waals surface area contributed by atoms with Gasteiger partial charge in [-0.3, -0.25) is 0 Å². The van der Waals surface area contributed by atoms with Gasteiger partial charge in [0.15, 0.2) is 0 Å². The molecule has 5 nitrogen and oxygen atoms in total. The minimum atomic E-state index is -0.772. The number of carbonyl (C=O) groups excluding carboxylic acids is 2. The molecule has 0 heterocycles. The van der Waals surface area contributed by atoms with E-state index >= 15 is 0 Å². The lowest BCUT2D eigenvalue weighted by Gasteiger charge is -2.19. The summed E-state index contributed by atoms with van der Waals surface area (Å²) in [6.45, 7) is 0. The SMILES string of the molecule is COC(=O)c1c(-c2cc(Br)ccc2Br)c(C(=O)OC)c2ccc(Br)cc2c1O. The Morgan fingerprint density at radius 3 is 2.04 bits per heavy atom. The van der Waals surface area contributed by atoms with Crippen molar-refractivity contribution in [1.82, 2.24) is 0 Å². The van der Waals surface area contributed by atoms with Gasteiger partial charge in [-0.1, -0.05) is 53.9 Å². The Bertz CT molecular complexity index is 1120. The third kappa shape index (κ3) is 3.56. The number of phenols is 1. The van der Waals surface area contributed by atoms with Crippen LogP contribution in [0.3, 0.4) is 0 Å². The number of rotatable bonds is 3. The van der Waals surface area contributed by atoms with Gasteiger partial charge in [-0.25, -0.2) is 9.59 Å². The van der Waals surface area contributed by atoms with E-state index in [4.69, 9.17) is 9.47 Å². The molecule has 3 rings (SSSR count). The van der Waals surface area contributed by atoms with Crippen molar-refractivity contribution in [2.45, 2.75) is 0 Å². The molecule has 0 spiro atoms. The molecule has 0 radical (unpaired) electrons. The standard InChI is InChI=1S/C20H13Br3O5/c1-27-19(25)16-11-5-3-9(21)7-12(11)18(24)17(20(26)28-2)15(16)13-8-10(22)4-6-14(13)23/h3-8,24H,1-2H3. The highest BCUT2D eigenvalue weighted by Crippen LogP contribution is 2.45. The molecule has 0 aliphatic heterocycles. The minimum Gasteiger partial charge on any atom is -0.506 e. The third-order valence-corrected chi connectivity index (χ3v) is 5.90. The fraction of sp³-hybridized carbons (Fsp3) is 0.100. The third-order valence-electron chi connectivity index (χ3n) is 4.22. The maximum Gasteiger partial charge on any atom is 0.342 e. The Kier molecular flexibility index (Phi) is 6.12. The van der Waals surface area contributed by atoms with Crippen LogP contribution in [0.5, 0.6) is 5.75 Å². The molecule has 0 aliphatic rings. The van der Waals surface area contributed by atoms with Crippen molar-refractivity contribution in [1.29, 1.82) is 0 Å². The number of benzene rings is 3. The second kappa shape index (κ2) is 8.23. The normalized spacial score (nSPS) is 10.8. The molecular formula is C20H13Br3O5. The smallest absolute Gasteiger partial charge is 0.342 e. The van der Waals surface area contributed by atoms with Gasteiger partial charge in [0, 0.05) is 29.8 Å². The first-order valence-electron chi connectivity index (χ1n) is 7.90. The molecule has 144 valence electrons. The summed E-state index contributed by atoms with van der Waals surface area (Å²) in [5.41, 5.74) is 0.781. The Hall–Kier alpha value is -1.90. The number of aromatic hydroxyl groups is 1. The number of fused-ring (bicyclic) bond motifs is 1. The number of halogens is 3. The van der Waals surface area contributed by atoms with Crippen molar-refractivity contribution < 1.29 is 24.2 Å². The molecule has 0 fully saturated rings. The molecule has 0 unspecified atom stereocenters.